The van der Waals surface area contributed by atoms with E-state index in [0.29, 0.717) is 30.3 Å². The Hall–Kier alpha value is -2.93. The quantitative estimate of drug-likeness (QED) is 0.731. The number of para-hydroxylation sites is 1. The summed E-state index contributed by atoms with van der Waals surface area (Å²) in [5.74, 6) is 0.563. The van der Waals surface area contributed by atoms with Crippen LogP contribution in [0.5, 0.6) is 5.75 Å². The molecule has 0 spiro atoms. The summed E-state index contributed by atoms with van der Waals surface area (Å²) < 4.78 is 21.4. The molecule has 1 amide bonds. The van der Waals surface area contributed by atoms with Crippen molar-refractivity contribution in [3.8, 4) is 5.75 Å². The summed E-state index contributed by atoms with van der Waals surface area (Å²) in [5, 5.41) is 6.30. The highest BCUT2D eigenvalue weighted by Gasteiger charge is 2.30. The van der Waals surface area contributed by atoms with Gasteiger partial charge in [0.15, 0.2) is 0 Å². The van der Waals surface area contributed by atoms with Crippen molar-refractivity contribution < 1.29 is 13.9 Å². The van der Waals surface area contributed by atoms with Gasteiger partial charge in [0.1, 0.15) is 24.0 Å². The van der Waals surface area contributed by atoms with Crippen LogP contribution in [0, 0.1) is 12.7 Å². The number of aromatic nitrogens is 2. The van der Waals surface area contributed by atoms with Gasteiger partial charge < -0.3 is 15.4 Å². The zero-order valence-corrected chi connectivity index (χ0v) is 16.2. The maximum absolute atomic E-state index is 13.9. The summed E-state index contributed by atoms with van der Waals surface area (Å²) >= 11 is 0. The normalized spacial score (nSPS) is 14.3. The van der Waals surface area contributed by atoms with E-state index in [1.165, 1.54) is 12.3 Å². The van der Waals surface area contributed by atoms with E-state index in [2.05, 4.69) is 15.6 Å². The lowest BCUT2D eigenvalue weighted by Gasteiger charge is -2.26. The number of rotatable bonds is 3. The van der Waals surface area contributed by atoms with Crippen LogP contribution in [0.25, 0.3) is 5.52 Å². The summed E-state index contributed by atoms with van der Waals surface area (Å²) in [6.07, 6.45) is 3.09. The Bertz CT molecular complexity index is 1060. The Morgan fingerprint density at radius 3 is 3.04 bits per heavy atom. The number of pyridine rings is 1. The molecule has 3 heterocycles. The molecule has 0 saturated heterocycles. The van der Waals surface area contributed by atoms with Gasteiger partial charge in [-0.15, -0.1) is 0 Å². The molecular formula is C21H23FN4O2. The number of benzene rings is 1. The minimum Gasteiger partial charge on any atom is -0.491 e. The van der Waals surface area contributed by atoms with E-state index in [1.54, 1.807) is 16.7 Å². The second kappa shape index (κ2) is 6.91. The van der Waals surface area contributed by atoms with E-state index in [1.807, 2.05) is 32.9 Å². The van der Waals surface area contributed by atoms with Gasteiger partial charge in [0.25, 0.3) is 5.91 Å². The number of hydrogen-bond donors (Lipinski definition) is 2. The number of imidazole rings is 1. The first kappa shape index (κ1) is 18.4. The summed E-state index contributed by atoms with van der Waals surface area (Å²) in [5.41, 5.74) is 2.20. The van der Waals surface area contributed by atoms with Crippen LogP contribution in [-0.4, -0.2) is 28.4 Å². The first-order chi connectivity index (χ1) is 13.4. The molecule has 2 N–H and O–H groups in total. The Kier molecular flexibility index (Phi) is 4.55. The van der Waals surface area contributed by atoms with Gasteiger partial charge in [-0.3, -0.25) is 9.20 Å². The van der Waals surface area contributed by atoms with E-state index in [0.717, 1.165) is 23.2 Å². The van der Waals surface area contributed by atoms with Crippen molar-refractivity contribution in [1.29, 1.82) is 0 Å². The minimum atomic E-state index is -0.824. The molecule has 146 valence electrons. The number of halogens is 1. The molecule has 1 aromatic carbocycles. The van der Waals surface area contributed by atoms with E-state index in [-0.39, 0.29) is 11.7 Å². The number of ether oxygens (including phenoxy) is 1. The predicted molar refractivity (Wildman–Crippen MR) is 104 cm³/mol. The number of amides is 1. The number of nitrogens with zero attached hydrogens (tertiary/aromatic N) is 2. The zero-order valence-electron chi connectivity index (χ0n) is 16.2. The fourth-order valence-corrected chi connectivity index (χ4v) is 3.62. The Morgan fingerprint density at radius 1 is 1.39 bits per heavy atom. The van der Waals surface area contributed by atoms with Gasteiger partial charge in [0.2, 0.25) is 0 Å². The molecule has 0 aliphatic carbocycles. The molecule has 3 aromatic rings. The largest absolute Gasteiger partial charge is 0.491 e. The molecule has 0 fully saturated rings. The molecule has 7 heteroatoms. The first-order valence-electron chi connectivity index (χ1n) is 9.28. The maximum atomic E-state index is 13.9. The molecule has 0 unspecified atom stereocenters. The lowest BCUT2D eigenvalue weighted by atomic mass is 10.0. The Morgan fingerprint density at radius 2 is 2.21 bits per heavy atom. The molecule has 1 aliphatic rings. The summed E-state index contributed by atoms with van der Waals surface area (Å²) in [6.45, 7) is 7.42. The standard InChI is InChI=1S/C21H23FN4O2/c1-13-9-15(22)12-26-17(13)11-24-20(26)21(2,3)25-19(27)16-6-4-5-14-10-23-7-8-28-18(14)16/h4-6,9,11-12,23H,7-8,10H2,1-3H3,(H,25,27). The average molecular weight is 382 g/mol. The average Bonchev–Trinajstić information content (AvgIpc) is 2.92. The fourth-order valence-electron chi connectivity index (χ4n) is 3.62. The van der Waals surface area contributed by atoms with Gasteiger partial charge in [-0.1, -0.05) is 12.1 Å². The molecule has 6 nitrogen and oxygen atoms in total. The van der Waals surface area contributed by atoms with Crippen LogP contribution in [0.1, 0.15) is 41.2 Å². The smallest absolute Gasteiger partial charge is 0.255 e. The van der Waals surface area contributed by atoms with Crippen LogP contribution in [0.15, 0.2) is 36.7 Å². The number of carbonyl (C=O) groups is 1. The predicted octanol–water partition coefficient (Wildman–Crippen LogP) is 2.93. The maximum Gasteiger partial charge on any atom is 0.255 e. The third-order valence-electron chi connectivity index (χ3n) is 4.97. The number of nitrogens with one attached hydrogen (secondary N) is 2. The second-order valence-corrected chi connectivity index (χ2v) is 7.58. The highest BCUT2D eigenvalue weighted by atomic mass is 19.1. The topological polar surface area (TPSA) is 67.7 Å². The SMILES string of the molecule is Cc1cc(F)cn2c(C(C)(C)NC(=O)c3cccc4c3OCCNC4)ncc12. The van der Waals surface area contributed by atoms with E-state index < -0.39 is 5.54 Å². The fraction of sp³-hybridized carbons (Fsp3) is 0.333. The van der Waals surface area contributed by atoms with Crippen LogP contribution >= 0.6 is 0 Å². The van der Waals surface area contributed by atoms with E-state index >= 15 is 0 Å². The molecule has 0 atom stereocenters. The van der Waals surface area contributed by atoms with Crippen LogP contribution in [0.3, 0.4) is 0 Å². The van der Waals surface area contributed by atoms with Crippen molar-refractivity contribution in [2.45, 2.75) is 32.9 Å². The molecule has 28 heavy (non-hydrogen) atoms. The Labute approximate surface area is 162 Å². The second-order valence-electron chi connectivity index (χ2n) is 7.58. The number of fused-ring (bicyclic) bond motifs is 2. The lowest BCUT2D eigenvalue weighted by molar-refractivity contribution is 0.0904. The molecule has 4 rings (SSSR count). The van der Waals surface area contributed by atoms with Crippen LogP contribution in [-0.2, 0) is 12.1 Å². The number of aryl methyl sites for hydroxylation is 1. The monoisotopic (exact) mass is 382 g/mol. The van der Waals surface area contributed by atoms with Crippen LogP contribution < -0.4 is 15.4 Å². The van der Waals surface area contributed by atoms with Crippen molar-refractivity contribution in [3.05, 3.63) is 65.0 Å². The van der Waals surface area contributed by atoms with Crippen LogP contribution in [0.4, 0.5) is 4.39 Å². The van der Waals surface area contributed by atoms with Crippen molar-refractivity contribution in [1.82, 2.24) is 20.0 Å². The van der Waals surface area contributed by atoms with E-state index in [9.17, 15) is 9.18 Å². The highest BCUT2D eigenvalue weighted by Crippen LogP contribution is 2.28. The molecule has 0 saturated carbocycles. The van der Waals surface area contributed by atoms with Crippen molar-refractivity contribution in [2.24, 2.45) is 0 Å². The molecule has 2 aromatic heterocycles. The lowest BCUT2D eigenvalue weighted by Crippen LogP contribution is -2.42. The number of hydrogen-bond acceptors (Lipinski definition) is 4. The van der Waals surface area contributed by atoms with Gasteiger partial charge in [-0.25, -0.2) is 9.37 Å². The summed E-state index contributed by atoms with van der Waals surface area (Å²) in [6, 6.07) is 7.02. The van der Waals surface area contributed by atoms with Crippen LogP contribution in [0.2, 0.25) is 0 Å². The minimum absolute atomic E-state index is 0.256. The number of carbonyl (C=O) groups excluding carboxylic acids is 1. The zero-order chi connectivity index (χ0) is 19.9. The Balaban J connectivity index is 1.68. The molecular weight excluding hydrogens is 359 g/mol. The van der Waals surface area contributed by atoms with Gasteiger partial charge in [0, 0.05) is 24.8 Å². The van der Waals surface area contributed by atoms with Gasteiger partial charge >= 0.3 is 0 Å². The van der Waals surface area contributed by atoms with Crippen molar-refractivity contribution >= 4 is 11.4 Å². The first-order valence-corrected chi connectivity index (χ1v) is 9.28. The van der Waals surface area contributed by atoms with Gasteiger partial charge in [0.05, 0.1) is 22.8 Å². The van der Waals surface area contributed by atoms with Gasteiger partial charge in [-0.05, 0) is 38.5 Å². The summed E-state index contributed by atoms with van der Waals surface area (Å²) in [4.78, 5) is 17.5. The molecule has 0 bridgehead atoms. The molecule has 1 aliphatic heterocycles. The van der Waals surface area contributed by atoms with Gasteiger partial charge in [-0.2, -0.15) is 0 Å². The van der Waals surface area contributed by atoms with E-state index in [4.69, 9.17) is 4.74 Å². The highest BCUT2D eigenvalue weighted by molar-refractivity contribution is 5.97. The third-order valence-corrected chi connectivity index (χ3v) is 4.97. The summed E-state index contributed by atoms with van der Waals surface area (Å²) in [7, 11) is 0. The van der Waals surface area contributed by atoms with Crippen molar-refractivity contribution in [2.75, 3.05) is 13.2 Å². The third kappa shape index (κ3) is 3.22. The van der Waals surface area contributed by atoms with Crippen molar-refractivity contribution in [3.63, 3.8) is 0 Å². The molecule has 0 radical (unpaired) electrons.